The fourth-order valence-corrected chi connectivity index (χ4v) is 7.59. The number of fused-ring (bicyclic) bond motifs is 4. The number of aromatic nitrogens is 1. The van der Waals surface area contributed by atoms with Crippen LogP contribution in [0.4, 0.5) is 4.79 Å². The molecule has 0 saturated carbocycles. The Morgan fingerprint density at radius 2 is 1.73 bits per heavy atom. The number of phenols is 1. The van der Waals surface area contributed by atoms with Gasteiger partial charge in [-0.05, 0) is 95.6 Å². The van der Waals surface area contributed by atoms with Crippen LogP contribution in [0.25, 0.3) is 22.4 Å². The first-order chi connectivity index (χ1) is 23.8. The first-order valence-electron chi connectivity index (χ1n) is 16.4. The summed E-state index contributed by atoms with van der Waals surface area (Å²) in [6.07, 6.45) is 3.38. The van der Waals surface area contributed by atoms with Crippen molar-refractivity contribution in [1.29, 1.82) is 0 Å². The molecule has 0 spiro atoms. The molecule has 7 rings (SSSR count). The van der Waals surface area contributed by atoms with E-state index >= 15 is 0 Å². The van der Waals surface area contributed by atoms with Crippen LogP contribution in [0.5, 0.6) is 11.5 Å². The lowest BCUT2D eigenvalue weighted by Gasteiger charge is -2.43. The average molecular weight is 659 g/mol. The SMILES string of the molecule is COC(=O)N1C(=O)[C@@H]2[C@@H](CC(COc3ccccc3)=C3[C@@H](CC/C(=C/c4ccc(O)c5ccccc45)c4ccccn4)OB(O)C[C@@H]32)C1=O. The molecule has 248 valence electrons. The predicted octanol–water partition coefficient (Wildman–Crippen LogP) is 5.90. The maximum absolute atomic E-state index is 13.7. The standard InChI is InChI=1S/C38H35BN2O8/c1-47-38(45)41-36(43)29-20-25(22-48-26-9-3-2-4-10-26)34-30(35(29)37(41)44)21-39(46)49-33(34)17-15-24(31-13-7-8-18-40-31)19-23-14-16-32(42)28-12-6-5-11-27(23)28/h2-14,16,18-19,29-30,33,35,42,46H,15,17,20-22H2,1H3/b24-19-/t29-,30+,33-,35-/m1/s1. The van der Waals surface area contributed by atoms with Crippen molar-refractivity contribution in [2.24, 2.45) is 17.8 Å². The lowest BCUT2D eigenvalue weighted by molar-refractivity contribution is -0.137. The molecule has 0 unspecified atom stereocenters. The second-order valence-electron chi connectivity index (χ2n) is 12.5. The molecular weight excluding hydrogens is 623 g/mol. The number of rotatable bonds is 8. The number of carbonyl (C=O) groups is 3. The number of imide groups is 3. The Morgan fingerprint density at radius 1 is 0.980 bits per heavy atom. The Morgan fingerprint density at radius 3 is 2.49 bits per heavy atom. The van der Waals surface area contributed by atoms with Crippen molar-refractivity contribution in [2.45, 2.75) is 31.7 Å². The molecule has 4 aromatic rings. The number of hydrogen-bond acceptors (Lipinski definition) is 9. The third kappa shape index (κ3) is 6.23. The van der Waals surface area contributed by atoms with Crippen LogP contribution in [-0.2, 0) is 19.0 Å². The quantitative estimate of drug-likeness (QED) is 0.135. The van der Waals surface area contributed by atoms with E-state index in [1.165, 1.54) is 0 Å². The number of methoxy groups -OCH3 is 1. The van der Waals surface area contributed by atoms with Gasteiger partial charge in [-0.15, -0.1) is 0 Å². The van der Waals surface area contributed by atoms with E-state index in [-0.39, 0.29) is 25.1 Å². The van der Waals surface area contributed by atoms with Crippen LogP contribution in [0, 0.1) is 17.8 Å². The third-order valence-electron chi connectivity index (χ3n) is 9.76. The Balaban J connectivity index is 1.26. The summed E-state index contributed by atoms with van der Waals surface area (Å²) in [5.74, 6) is -2.54. The molecule has 11 heteroatoms. The van der Waals surface area contributed by atoms with E-state index in [9.17, 15) is 24.5 Å². The van der Waals surface area contributed by atoms with E-state index in [0.717, 1.165) is 45.9 Å². The minimum absolute atomic E-state index is 0.0955. The number of carbonyl (C=O) groups excluding carboxylic acids is 3. The molecule has 4 atom stereocenters. The highest BCUT2D eigenvalue weighted by molar-refractivity contribution is 6.43. The van der Waals surface area contributed by atoms with Crippen molar-refractivity contribution in [3.8, 4) is 11.5 Å². The van der Waals surface area contributed by atoms with Crippen LogP contribution < -0.4 is 4.74 Å². The van der Waals surface area contributed by atoms with Crippen LogP contribution in [0.1, 0.15) is 30.5 Å². The zero-order valence-corrected chi connectivity index (χ0v) is 26.9. The minimum atomic E-state index is -1.19. The highest BCUT2D eigenvalue weighted by Gasteiger charge is 2.59. The third-order valence-corrected chi connectivity index (χ3v) is 9.76. The fraction of sp³-hybridized carbons (Fsp3) is 0.263. The monoisotopic (exact) mass is 658 g/mol. The van der Waals surface area contributed by atoms with Gasteiger partial charge in [-0.25, -0.2) is 4.79 Å². The van der Waals surface area contributed by atoms with Gasteiger partial charge in [0.2, 0.25) is 11.8 Å². The summed E-state index contributed by atoms with van der Waals surface area (Å²) in [6.45, 7) is 0.150. The highest BCUT2D eigenvalue weighted by atomic mass is 16.5. The van der Waals surface area contributed by atoms with Gasteiger partial charge in [0.05, 0.1) is 30.7 Å². The number of para-hydroxylation sites is 1. The van der Waals surface area contributed by atoms with E-state index in [2.05, 4.69) is 11.1 Å². The second-order valence-corrected chi connectivity index (χ2v) is 12.5. The number of pyridine rings is 1. The Bertz CT molecular complexity index is 1960. The van der Waals surface area contributed by atoms with Gasteiger partial charge < -0.3 is 24.3 Å². The average Bonchev–Trinajstić information content (AvgIpc) is 3.38. The van der Waals surface area contributed by atoms with E-state index in [4.69, 9.17) is 14.1 Å². The molecule has 2 fully saturated rings. The molecule has 2 aliphatic heterocycles. The summed E-state index contributed by atoms with van der Waals surface area (Å²) in [6, 6.07) is 26.2. The van der Waals surface area contributed by atoms with Crippen LogP contribution in [0.2, 0.25) is 6.32 Å². The Hall–Kier alpha value is -5.26. The maximum atomic E-state index is 13.7. The van der Waals surface area contributed by atoms with E-state index < -0.39 is 48.9 Å². The van der Waals surface area contributed by atoms with Gasteiger partial charge in [-0.3, -0.25) is 14.6 Å². The van der Waals surface area contributed by atoms with Gasteiger partial charge in [-0.1, -0.05) is 54.6 Å². The Labute approximate surface area is 283 Å². The van der Waals surface area contributed by atoms with Gasteiger partial charge in [0, 0.05) is 11.6 Å². The number of hydrogen-bond donors (Lipinski definition) is 2. The number of amides is 3. The molecule has 3 aromatic carbocycles. The summed E-state index contributed by atoms with van der Waals surface area (Å²) < 4.78 is 17.2. The van der Waals surface area contributed by atoms with Crippen molar-refractivity contribution < 1.29 is 38.6 Å². The van der Waals surface area contributed by atoms with Crippen LogP contribution in [-0.4, -0.2) is 64.9 Å². The van der Waals surface area contributed by atoms with Crippen molar-refractivity contribution in [1.82, 2.24) is 9.88 Å². The van der Waals surface area contributed by atoms with Crippen LogP contribution in [0.3, 0.4) is 0 Å². The van der Waals surface area contributed by atoms with Gasteiger partial charge in [0.25, 0.3) is 0 Å². The van der Waals surface area contributed by atoms with Crippen molar-refractivity contribution >= 4 is 47.4 Å². The molecule has 3 amide bonds. The zero-order chi connectivity index (χ0) is 34.1. The van der Waals surface area contributed by atoms with Crippen molar-refractivity contribution in [2.75, 3.05) is 13.7 Å². The smallest absolute Gasteiger partial charge is 0.455 e. The summed E-state index contributed by atoms with van der Waals surface area (Å²) >= 11 is 0. The molecule has 0 radical (unpaired) electrons. The van der Waals surface area contributed by atoms with Gasteiger partial charge in [0.1, 0.15) is 18.1 Å². The maximum Gasteiger partial charge on any atom is 0.455 e. The first-order valence-corrected chi connectivity index (χ1v) is 16.4. The van der Waals surface area contributed by atoms with E-state index in [0.29, 0.717) is 23.5 Å². The first kappa shape index (κ1) is 32.3. The summed E-state index contributed by atoms with van der Waals surface area (Å²) in [5, 5.41) is 23.2. The number of nitrogens with zero attached hydrogens (tertiary/aromatic N) is 2. The molecule has 49 heavy (non-hydrogen) atoms. The lowest BCUT2D eigenvalue weighted by Crippen LogP contribution is -2.46. The Kier molecular flexibility index (Phi) is 9.03. The van der Waals surface area contributed by atoms with E-state index in [1.807, 2.05) is 78.9 Å². The van der Waals surface area contributed by atoms with Crippen LogP contribution in [0.15, 0.2) is 102 Å². The summed E-state index contributed by atoms with van der Waals surface area (Å²) in [5.41, 5.74) is 4.23. The molecule has 0 bridgehead atoms. The summed E-state index contributed by atoms with van der Waals surface area (Å²) in [4.78, 5) is 45.0. The highest BCUT2D eigenvalue weighted by Crippen LogP contribution is 2.51. The molecule has 3 aliphatic rings. The molecule has 1 aromatic heterocycles. The number of likely N-dealkylation sites (tertiary alicyclic amines) is 1. The minimum Gasteiger partial charge on any atom is -0.507 e. The molecule has 2 saturated heterocycles. The van der Waals surface area contributed by atoms with Crippen LogP contribution >= 0.6 is 0 Å². The van der Waals surface area contributed by atoms with Crippen molar-refractivity contribution in [3.05, 3.63) is 114 Å². The summed E-state index contributed by atoms with van der Waals surface area (Å²) in [7, 11) is -0.0533. The molecular formula is C38H35BN2O8. The lowest BCUT2D eigenvalue weighted by atomic mass is 9.58. The largest absolute Gasteiger partial charge is 0.507 e. The van der Waals surface area contributed by atoms with Gasteiger partial charge in [0.15, 0.2) is 0 Å². The normalized spacial score (nSPS) is 22.3. The molecule has 1 aliphatic carbocycles. The van der Waals surface area contributed by atoms with Gasteiger partial charge in [-0.2, -0.15) is 4.90 Å². The number of benzene rings is 3. The molecule has 3 heterocycles. The topological polar surface area (TPSA) is 135 Å². The molecule has 2 N–H and O–H groups in total. The van der Waals surface area contributed by atoms with Gasteiger partial charge >= 0.3 is 13.2 Å². The number of allylic oxidation sites excluding steroid dienone is 1. The molecule has 10 nitrogen and oxygen atoms in total. The fourth-order valence-electron chi connectivity index (χ4n) is 7.59. The predicted molar refractivity (Wildman–Crippen MR) is 183 cm³/mol. The van der Waals surface area contributed by atoms with E-state index in [1.54, 1.807) is 12.3 Å². The van der Waals surface area contributed by atoms with Crippen molar-refractivity contribution in [3.63, 3.8) is 0 Å². The second kappa shape index (κ2) is 13.7. The number of aromatic hydroxyl groups is 1. The number of phenolic OH excluding ortho intramolecular Hbond substituents is 1. The zero-order valence-electron chi connectivity index (χ0n) is 26.9. The number of ether oxygens (including phenoxy) is 2.